The van der Waals surface area contributed by atoms with Crippen LogP contribution in [0.15, 0.2) is 47.4 Å². The predicted molar refractivity (Wildman–Crippen MR) is 80.0 cm³/mol. The molecule has 2 aromatic rings. The summed E-state index contributed by atoms with van der Waals surface area (Å²) in [6.45, 7) is 0.435. The third kappa shape index (κ3) is 2.50. The van der Waals surface area contributed by atoms with Crippen molar-refractivity contribution < 1.29 is 13.5 Å². The molecule has 1 aliphatic heterocycles. The second-order valence-electron chi connectivity index (χ2n) is 4.60. The summed E-state index contributed by atoms with van der Waals surface area (Å²) in [7, 11) is 0. The number of halogens is 1. The van der Waals surface area contributed by atoms with E-state index in [4.69, 9.17) is 0 Å². The maximum Gasteiger partial charge on any atom is 0.258 e. The molecule has 0 saturated carbocycles. The van der Waals surface area contributed by atoms with E-state index < -0.39 is 0 Å². The maximum atomic E-state index is 12.4. The van der Waals surface area contributed by atoms with Gasteiger partial charge in [0.25, 0.3) is 5.91 Å². The molecule has 1 aliphatic rings. The van der Waals surface area contributed by atoms with Gasteiger partial charge < -0.3 is 10.2 Å². The second-order valence-corrected chi connectivity index (χ2v) is 5.22. The molecule has 1 N–H and O–H groups in total. The highest BCUT2D eigenvalue weighted by Gasteiger charge is 2.28. The highest BCUT2D eigenvalue weighted by atomic mass is 32.2. The van der Waals surface area contributed by atoms with Crippen LogP contribution in [0.3, 0.4) is 0 Å². The van der Waals surface area contributed by atoms with Gasteiger partial charge in [0.05, 0.1) is 18.7 Å². The summed E-state index contributed by atoms with van der Waals surface area (Å²) < 4.78 is 12.4. The molecule has 0 fully saturated rings. The average Bonchev–Trinajstić information content (AvgIpc) is 2.84. The molecular weight excluding hydrogens is 291 g/mol. The first kappa shape index (κ1) is 13.6. The van der Waals surface area contributed by atoms with E-state index in [2.05, 4.69) is 5.32 Å². The number of carbonyl (C=O) groups excluding carboxylic acids is 2. The molecule has 0 aromatic heterocycles. The van der Waals surface area contributed by atoms with Gasteiger partial charge in [0.15, 0.2) is 0 Å². The Labute approximate surface area is 125 Å². The van der Waals surface area contributed by atoms with Crippen LogP contribution >= 0.6 is 12.1 Å². The molecule has 1 heterocycles. The van der Waals surface area contributed by atoms with Crippen LogP contribution in [0.2, 0.25) is 0 Å². The molecule has 0 atom stereocenters. The molecule has 0 bridgehead atoms. The third-order valence-corrected chi connectivity index (χ3v) is 3.82. The van der Waals surface area contributed by atoms with E-state index in [-0.39, 0.29) is 18.1 Å². The lowest BCUT2D eigenvalue weighted by Crippen LogP contribution is -2.22. The van der Waals surface area contributed by atoms with Gasteiger partial charge in [0, 0.05) is 21.8 Å². The molecule has 2 aromatic carbocycles. The van der Waals surface area contributed by atoms with E-state index >= 15 is 0 Å². The van der Waals surface area contributed by atoms with Crippen molar-refractivity contribution in [1.82, 2.24) is 0 Å². The Morgan fingerprint density at radius 1 is 1.19 bits per heavy atom. The van der Waals surface area contributed by atoms with E-state index in [1.807, 2.05) is 0 Å². The van der Waals surface area contributed by atoms with Crippen molar-refractivity contribution in [3.8, 4) is 0 Å². The van der Waals surface area contributed by atoms with Crippen LogP contribution in [0, 0.1) is 0 Å². The van der Waals surface area contributed by atoms with Crippen molar-refractivity contribution in [2.75, 3.05) is 10.2 Å². The van der Waals surface area contributed by atoms with E-state index in [1.165, 1.54) is 0 Å². The Morgan fingerprint density at radius 2 is 1.95 bits per heavy atom. The molecule has 0 unspecified atom stereocenters. The molecule has 6 heteroatoms. The number of carbonyl (C=O) groups is 2. The van der Waals surface area contributed by atoms with Crippen LogP contribution < -0.4 is 10.2 Å². The van der Waals surface area contributed by atoms with Crippen molar-refractivity contribution in [2.24, 2.45) is 0 Å². The molecular formula is C15H11FN2O2S. The summed E-state index contributed by atoms with van der Waals surface area (Å²) in [5, 5.41) is 2.57. The number of rotatable bonds is 4. The summed E-state index contributed by atoms with van der Waals surface area (Å²) in [4.78, 5) is 25.0. The van der Waals surface area contributed by atoms with Crippen LogP contribution in [-0.2, 0) is 11.3 Å². The van der Waals surface area contributed by atoms with Gasteiger partial charge in [-0.2, -0.15) is 3.89 Å². The first-order valence-corrected chi connectivity index (χ1v) is 6.98. The number of hydrogen-bond acceptors (Lipinski definition) is 3. The van der Waals surface area contributed by atoms with Gasteiger partial charge in [-0.1, -0.05) is 0 Å². The van der Waals surface area contributed by atoms with Crippen LogP contribution in [0.4, 0.5) is 15.3 Å². The fourth-order valence-corrected chi connectivity index (χ4v) is 2.60. The molecule has 21 heavy (non-hydrogen) atoms. The zero-order valence-corrected chi connectivity index (χ0v) is 11.7. The number of anilines is 2. The lowest BCUT2D eigenvalue weighted by atomic mass is 10.1. The number of nitrogens with one attached hydrogen (secondary N) is 1. The smallest absolute Gasteiger partial charge is 0.258 e. The largest absolute Gasteiger partial charge is 0.329 e. The summed E-state index contributed by atoms with van der Waals surface area (Å²) in [6, 6.07) is 11.9. The third-order valence-electron chi connectivity index (χ3n) is 3.37. The van der Waals surface area contributed by atoms with Gasteiger partial charge in [-0.15, -0.1) is 0 Å². The number of hydrogen-bond donors (Lipinski definition) is 1. The van der Waals surface area contributed by atoms with E-state index in [1.54, 1.807) is 47.4 Å². The van der Waals surface area contributed by atoms with E-state index in [9.17, 15) is 13.5 Å². The number of benzene rings is 2. The molecule has 0 saturated heterocycles. The fourth-order valence-electron chi connectivity index (χ4n) is 2.36. The normalized spacial score (nSPS) is 13.2. The molecule has 0 aliphatic carbocycles. The summed E-state index contributed by atoms with van der Waals surface area (Å²) in [5.74, 6) is -0.0942. The van der Waals surface area contributed by atoms with Gasteiger partial charge >= 0.3 is 0 Å². The predicted octanol–water partition coefficient (Wildman–Crippen LogP) is 3.39. The van der Waals surface area contributed by atoms with Gasteiger partial charge in [-0.3, -0.25) is 9.59 Å². The molecule has 106 valence electrons. The average molecular weight is 302 g/mol. The minimum Gasteiger partial charge on any atom is -0.329 e. The van der Waals surface area contributed by atoms with Crippen molar-refractivity contribution >= 4 is 35.8 Å². The van der Waals surface area contributed by atoms with Crippen LogP contribution in [0.25, 0.3) is 0 Å². The van der Waals surface area contributed by atoms with Gasteiger partial charge in [0.1, 0.15) is 0 Å². The Kier molecular flexibility index (Phi) is 3.62. The lowest BCUT2D eigenvalue weighted by Gasteiger charge is -2.15. The summed E-state index contributed by atoms with van der Waals surface area (Å²) in [6.07, 6.45) is 0.601. The molecule has 0 spiro atoms. The van der Waals surface area contributed by atoms with Crippen molar-refractivity contribution in [1.29, 1.82) is 0 Å². The fraction of sp³-hybridized carbons (Fsp3) is 0.0667. The van der Waals surface area contributed by atoms with Crippen LogP contribution in [0.1, 0.15) is 15.9 Å². The van der Waals surface area contributed by atoms with E-state index in [0.29, 0.717) is 29.1 Å². The standard InChI is InChI=1S/C15H11FN2O2S/c16-21-13-4-2-12(3-5-13)18-8-10-7-11(17-9-19)1-6-14(10)15(18)20/h1-7,9H,8H2,(H,17,19). The zero-order chi connectivity index (χ0) is 14.8. The van der Waals surface area contributed by atoms with Crippen molar-refractivity contribution in [2.45, 2.75) is 11.4 Å². The van der Waals surface area contributed by atoms with Crippen LogP contribution in [-0.4, -0.2) is 12.3 Å². The first-order valence-electron chi connectivity index (χ1n) is 6.26. The molecule has 4 nitrogen and oxygen atoms in total. The minimum atomic E-state index is -0.0942. The van der Waals surface area contributed by atoms with Crippen LogP contribution in [0.5, 0.6) is 0 Å². The molecule has 3 rings (SSSR count). The molecule has 2 amide bonds. The van der Waals surface area contributed by atoms with E-state index in [0.717, 1.165) is 11.3 Å². The summed E-state index contributed by atoms with van der Waals surface area (Å²) in [5.41, 5.74) is 2.85. The Balaban J connectivity index is 1.89. The van der Waals surface area contributed by atoms with Gasteiger partial charge in [-0.25, -0.2) is 0 Å². The Bertz CT molecular complexity index is 703. The monoisotopic (exact) mass is 302 g/mol. The first-order chi connectivity index (χ1) is 10.2. The highest BCUT2D eigenvalue weighted by molar-refractivity contribution is 7.94. The van der Waals surface area contributed by atoms with Crippen molar-refractivity contribution in [3.63, 3.8) is 0 Å². The SMILES string of the molecule is O=CNc1ccc2c(c1)CN(c1ccc(SF)cc1)C2=O. The Morgan fingerprint density at radius 3 is 2.62 bits per heavy atom. The van der Waals surface area contributed by atoms with Gasteiger partial charge in [0.2, 0.25) is 6.41 Å². The quantitative estimate of drug-likeness (QED) is 0.881. The number of nitrogens with zero attached hydrogens (tertiary/aromatic N) is 1. The minimum absolute atomic E-state index is 0.0942. The lowest BCUT2D eigenvalue weighted by molar-refractivity contribution is -0.105. The summed E-state index contributed by atoms with van der Waals surface area (Å²) >= 11 is 0.171. The topological polar surface area (TPSA) is 49.4 Å². The molecule has 0 radical (unpaired) electrons. The number of fused-ring (bicyclic) bond motifs is 1. The Hall–Kier alpha value is -2.34. The van der Waals surface area contributed by atoms with Gasteiger partial charge in [-0.05, 0) is 48.0 Å². The second kappa shape index (κ2) is 5.57. The highest BCUT2D eigenvalue weighted by Crippen LogP contribution is 2.31. The maximum absolute atomic E-state index is 12.4. The number of amides is 2. The zero-order valence-electron chi connectivity index (χ0n) is 10.9. The van der Waals surface area contributed by atoms with Crippen molar-refractivity contribution in [3.05, 3.63) is 53.6 Å².